The third-order valence-corrected chi connectivity index (χ3v) is 2.74. The predicted octanol–water partition coefficient (Wildman–Crippen LogP) is 2.68. The number of aliphatic hydroxyl groups excluding tert-OH is 1. The van der Waals surface area contributed by atoms with Gasteiger partial charge in [0, 0.05) is 17.4 Å². The number of carbonyl (C=O) groups is 1. The minimum atomic E-state index is -0.00665. The monoisotopic (exact) mass is 285 g/mol. The normalized spacial score (nSPS) is 10.1. The maximum Gasteiger partial charge on any atom is 0.224 e. The number of unbranched alkanes of at least 4 members (excludes halogenated alkanes) is 1. The number of anilines is 1. The van der Waals surface area contributed by atoms with Crippen molar-refractivity contribution in [2.24, 2.45) is 0 Å². The second-order valence-corrected chi connectivity index (χ2v) is 4.35. The van der Waals surface area contributed by atoms with Crippen LogP contribution in [-0.2, 0) is 11.4 Å². The van der Waals surface area contributed by atoms with Gasteiger partial charge in [-0.3, -0.25) is 4.79 Å². The topological polar surface area (TPSA) is 49.3 Å². The molecule has 0 saturated heterocycles. The maximum atomic E-state index is 11.5. The fourth-order valence-electron chi connectivity index (χ4n) is 1.35. The van der Waals surface area contributed by atoms with E-state index in [4.69, 9.17) is 5.11 Å². The van der Waals surface area contributed by atoms with E-state index in [1.54, 1.807) is 6.07 Å². The summed E-state index contributed by atoms with van der Waals surface area (Å²) in [6, 6.07) is 7.24. The molecule has 0 radical (unpaired) electrons. The van der Waals surface area contributed by atoms with Crippen LogP contribution in [0.2, 0.25) is 0 Å². The standard InChI is InChI=1S/C12H16BrNO2/c13-7-2-1-6-12(16)14-11-5-3-4-10(8-11)9-15/h3-5,8,15H,1-2,6-7,9H2,(H,14,16). The number of amides is 1. The van der Waals surface area contributed by atoms with Crippen molar-refractivity contribution >= 4 is 27.5 Å². The van der Waals surface area contributed by atoms with E-state index in [1.165, 1.54) is 0 Å². The first-order chi connectivity index (χ1) is 7.76. The van der Waals surface area contributed by atoms with Gasteiger partial charge in [0.05, 0.1) is 6.61 Å². The molecule has 1 rings (SSSR count). The third kappa shape index (κ3) is 4.77. The van der Waals surface area contributed by atoms with Crippen molar-refractivity contribution in [1.29, 1.82) is 0 Å². The molecule has 88 valence electrons. The molecule has 2 N–H and O–H groups in total. The average molecular weight is 286 g/mol. The van der Waals surface area contributed by atoms with Crippen LogP contribution in [0.3, 0.4) is 0 Å². The van der Waals surface area contributed by atoms with Crippen molar-refractivity contribution in [1.82, 2.24) is 0 Å². The molecule has 0 atom stereocenters. The molecular formula is C12H16BrNO2. The first kappa shape index (κ1) is 13.2. The Morgan fingerprint density at radius 2 is 2.19 bits per heavy atom. The Hall–Kier alpha value is -0.870. The number of hydrogen-bond acceptors (Lipinski definition) is 2. The SMILES string of the molecule is O=C(CCCCBr)Nc1cccc(CO)c1. The Labute approximate surface area is 104 Å². The highest BCUT2D eigenvalue weighted by atomic mass is 79.9. The summed E-state index contributed by atoms with van der Waals surface area (Å²) >= 11 is 3.33. The molecule has 1 amide bonds. The summed E-state index contributed by atoms with van der Waals surface area (Å²) in [7, 11) is 0. The Bertz CT molecular complexity index is 342. The Morgan fingerprint density at radius 1 is 1.38 bits per heavy atom. The fraction of sp³-hybridized carbons (Fsp3) is 0.417. The predicted molar refractivity (Wildman–Crippen MR) is 68.6 cm³/mol. The number of aliphatic hydroxyl groups is 1. The van der Waals surface area contributed by atoms with E-state index in [0.717, 1.165) is 29.4 Å². The average Bonchev–Trinajstić information content (AvgIpc) is 2.29. The Balaban J connectivity index is 2.43. The highest BCUT2D eigenvalue weighted by Crippen LogP contribution is 2.11. The zero-order valence-corrected chi connectivity index (χ0v) is 10.7. The van der Waals surface area contributed by atoms with Gasteiger partial charge in [-0.05, 0) is 30.5 Å². The molecule has 0 saturated carbocycles. The first-order valence-electron chi connectivity index (χ1n) is 5.32. The summed E-state index contributed by atoms with van der Waals surface area (Å²) in [4.78, 5) is 11.5. The number of benzene rings is 1. The summed E-state index contributed by atoms with van der Waals surface area (Å²) in [5.74, 6) is 0.0241. The highest BCUT2D eigenvalue weighted by Gasteiger charge is 2.02. The molecule has 0 unspecified atom stereocenters. The van der Waals surface area contributed by atoms with Crippen LogP contribution in [-0.4, -0.2) is 16.3 Å². The van der Waals surface area contributed by atoms with Crippen LogP contribution >= 0.6 is 15.9 Å². The molecule has 1 aromatic rings. The van der Waals surface area contributed by atoms with Crippen molar-refractivity contribution in [3.8, 4) is 0 Å². The molecule has 0 bridgehead atoms. The summed E-state index contributed by atoms with van der Waals surface area (Å²) in [6.07, 6.45) is 2.43. The molecule has 3 nitrogen and oxygen atoms in total. The van der Waals surface area contributed by atoms with E-state index in [9.17, 15) is 4.79 Å². The number of hydrogen-bond donors (Lipinski definition) is 2. The molecule has 16 heavy (non-hydrogen) atoms. The molecule has 0 aliphatic heterocycles. The third-order valence-electron chi connectivity index (χ3n) is 2.18. The number of halogens is 1. The second-order valence-electron chi connectivity index (χ2n) is 3.55. The van der Waals surface area contributed by atoms with E-state index in [-0.39, 0.29) is 12.5 Å². The summed E-state index contributed by atoms with van der Waals surface area (Å²) in [5.41, 5.74) is 1.55. The summed E-state index contributed by atoms with van der Waals surface area (Å²) < 4.78 is 0. The van der Waals surface area contributed by atoms with E-state index in [2.05, 4.69) is 21.2 Å². The lowest BCUT2D eigenvalue weighted by atomic mass is 10.2. The lowest BCUT2D eigenvalue weighted by Crippen LogP contribution is -2.11. The van der Waals surface area contributed by atoms with Gasteiger partial charge in [0.2, 0.25) is 5.91 Å². The van der Waals surface area contributed by atoms with E-state index in [1.807, 2.05) is 18.2 Å². The van der Waals surface area contributed by atoms with Crippen LogP contribution in [0.5, 0.6) is 0 Å². The van der Waals surface area contributed by atoms with Crippen molar-refractivity contribution in [3.63, 3.8) is 0 Å². The Morgan fingerprint density at radius 3 is 2.88 bits per heavy atom. The molecule has 1 aromatic carbocycles. The maximum absolute atomic E-state index is 11.5. The molecule has 0 heterocycles. The van der Waals surface area contributed by atoms with Crippen molar-refractivity contribution in [3.05, 3.63) is 29.8 Å². The lowest BCUT2D eigenvalue weighted by molar-refractivity contribution is -0.116. The molecule has 0 aliphatic rings. The Kier molecular flexibility index (Phi) is 6.11. The molecular weight excluding hydrogens is 270 g/mol. The van der Waals surface area contributed by atoms with Crippen molar-refractivity contribution in [2.45, 2.75) is 25.9 Å². The van der Waals surface area contributed by atoms with Gasteiger partial charge in [0.15, 0.2) is 0 Å². The van der Waals surface area contributed by atoms with Gasteiger partial charge < -0.3 is 10.4 Å². The van der Waals surface area contributed by atoms with Crippen LogP contribution in [0, 0.1) is 0 Å². The van der Waals surface area contributed by atoms with Crippen LogP contribution in [0.15, 0.2) is 24.3 Å². The molecule has 0 fully saturated rings. The number of nitrogens with one attached hydrogen (secondary N) is 1. The minimum absolute atomic E-state index is 0.00665. The molecule has 0 aliphatic carbocycles. The van der Waals surface area contributed by atoms with Crippen LogP contribution in [0.1, 0.15) is 24.8 Å². The lowest BCUT2D eigenvalue weighted by Gasteiger charge is -2.06. The van der Waals surface area contributed by atoms with Crippen LogP contribution in [0.4, 0.5) is 5.69 Å². The first-order valence-corrected chi connectivity index (χ1v) is 6.44. The van der Waals surface area contributed by atoms with Gasteiger partial charge in [0.25, 0.3) is 0 Å². The molecule has 4 heteroatoms. The smallest absolute Gasteiger partial charge is 0.224 e. The zero-order chi connectivity index (χ0) is 11.8. The van der Waals surface area contributed by atoms with Gasteiger partial charge >= 0.3 is 0 Å². The van der Waals surface area contributed by atoms with E-state index < -0.39 is 0 Å². The number of alkyl halides is 1. The van der Waals surface area contributed by atoms with Gasteiger partial charge in [0.1, 0.15) is 0 Å². The zero-order valence-electron chi connectivity index (χ0n) is 9.08. The largest absolute Gasteiger partial charge is 0.392 e. The molecule has 0 spiro atoms. The number of rotatable bonds is 6. The fourth-order valence-corrected chi connectivity index (χ4v) is 1.75. The molecule has 0 aromatic heterocycles. The minimum Gasteiger partial charge on any atom is -0.392 e. The second kappa shape index (κ2) is 7.41. The van der Waals surface area contributed by atoms with E-state index >= 15 is 0 Å². The van der Waals surface area contributed by atoms with Gasteiger partial charge in [-0.15, -0.1) is 0 Å². The highest BCUT2D eigenvalue weighted by molar-refractivity contribution is 9.09. The van der Waals surface area contributed by atoms with Crippen molar-refractivity contribution < 1.29 is 9.90 Å². The van der Waals surface area contributed by atoms with Gasteiger partial charge in [-0.25, -0.2) is 0 Å². The summed E-state index contributed by atoms with van der Waals surface area (Å²) in [6.45, 7) is -0.00665. The quantitative estimate of drug-likeness (QED) is 0.624. The van der Waals surface area contributed by atoms with Gasteiger partial charge in [-0.2, -0.15) is 0 Å². The van der Waals surface area contributed by atoms with Crippen LogP contribution in [0.25, 0.3) is 0 Å². The number of carbonyl (C=O) groups excluding carboxylic acids is 1. The van der Waals surface area contributed by atoms with Crippen LogP contribution < -0.4 is 5.32 Å². The van der Waals surface area contributed by atoms with E-state index in [0.29, 0.717) is 6.42 Å². The summed E-state index contributed by atoms with van der Waals surface area (Å²) in [5, 5.41) is 12.7. The van der Waals surface area contributed by atoms with Crippen molar-refractivity contribution in [2.75, 3.05) is 10.6 Å². The van der Waals surface area contributed by atoms with Gasteiger partial charge in [-0.1, -0.05) is 28.1 Å².